The molecule has 4 rings (SSSR count). The number of piperidine rings is 1. The van der Waals surface area contributed by atoms with E-state index < -0.39 is 0 Å². The van der Waals surface area contributed by atoms with Gasteiger partial charge in [0.1, 0.15) is 5.82 Å². The summed E-state index contributed by atoms with van der Waals surface area (Å²) in [6.45, 7) is 10.9. The summed E-state index contributed by atoms with van der Waals surface area (Å²) in [6, 6.07) is 8.54. The minimum atomic E-state index is -0.175. The summed E-state index contributed by atoms with van der Waals surface area (Å²) in [5, 5.41) is 9.83. The van der Waals surface area contributed by atoms with E-state index in [-0.39, 0.29) is 5.41 Å². The number of allylic oxidation sites excluding steroid dienone is 1. The summed E-state index contributed by atoms with van der Waals surface area (Å²) >= 11 is 0. The zero-order valence-electron chi connectivity index (χ0n) is 19.7. The maximum absolute atomic E-state index is 4.92. The number of nitrogens with one attached hydrogen (secondary N) is 2. The Morgan fingerprint density at radius 1 is 1.22 bits per heavy atom. The number of benzene rings is 1. The molecule has 6 nitrogen and oxygen atoms in total. The van der Waals surface area contributed by atoms with Crippen molar-refractivity contribution in [3.05, 3.63) is 60.1 Å². The molecule has 0 bridgehead atoms. The van der Waals surface area contributed by atoms with E-state index in [1.165, 1.54) is 24.1 Å². The van der Waals surface area contributed by atoms with Crippen LogP contribution in [-0.2, 0) is 5.41 Å². The number of fused-ring (bicyclic) bond motifs is 1. The van der Waals surface area contributed by atoms with Gasteiger partial charge in [-0.3, -0.25) is 4.99 Å². The Labute approximate surface area is 191 Å². The smallest absolute Gasteiger partial charge is 0.130 e. The number of pyridine rings is 1. The third-order valence-corrected chi connectivity index (χ3v) is 6.53. The number of aliphatic imine (C=N–C) groups is 1. The predicted molar refractivity (Wildman–Crippen MR) is 135 cm³/mol. The molecule has 0 unspecified atom stereocenters. The van der Waals surface area contributed by atoms with E-state index in [0.717, 1.165) is 47.5 Å². The van der Waals surface area contributed by atoms with Crippen LogP contribution >= 0.6 is 0 Å². The van der Waals surface area contributed by atoms with Gasteiger partial charge in [0.15, 0.2) is 0 Å². The lowest BCUT2D eigenvalue weighted by atomic mass is 9.85. The fourth-order valence-electron chi connectivity index (χ4n) is 4.37. The Bertz CT molecular complexity index is 1090. The highest BCUT2D eigenvalue weighted by Crippen LogP contribution is 2.29. The highest BCUT2D eigenvalue weighted by atomic mass is 15.3. The number of hydrazone groups is 1. The van der Waals surface area contributed by atoms with Gasteiger partial charge in [0, 0.05) is 48.3 Å². The minimum Gasteiger partial charge on any atom is -0.339 e. The number of hydrogen-bond acceptors (Lipinski definition) is 6. The maximum Gasteiger partial charge on any atom is 0.130 e. The Hall–Kier alpha value is -2.99. The lowest BCUT2D eigenvalue weighted by Crippen LogP contribution is -2.33. The fraction of sp³-hybridized carbons (Fsp3) is 0.423. The lowest BCUT2D eigenvalue weighted by Gasteiger charge is -2.28. The van der Waals surface area contributed by atoms with Crippen LogP contribution in [0, 0.1) is 5.92 Å². The summed E-state index contributed by atoms with van der Waals surface area (Å²) in [6.07, 6.45) is 9.34. The fourth-order valence-corrected chi connectivity index (χ4v) is 4.37. The average molecular weight is 431 g/mol. The Morgan fingerprint density at radius 2 is 2.00 bits per heavy atom. The van der Waals surface area contributed by atoms with Crippen LogP contribution < -0.4 is 10.7 Å². The van der Waals surface area contributed by atoms with E-state index in [1.807, 2.05) is 19.5 Å². The van der Waals surface area contributed by atoms with Crippen LogP contribution in [0.4, 0.5) is 5.82 Å². The molecule has 0 saturated carbocycles. The van der Waals surface area contributed by atoms with Crippen LogP contribution in [0.3, 0.4) is 0 Å². The van der Waals surface area contributed by atoms with Gasteiger partial charge in [-0.2, -0.15) is 5.10 Å². The van der Waals surface area contributed by atoms with Gasteiger partial charge in [-0.1, -0.05) is 44.7 Å². The molecular formula is C26H34N6. The van der Waals surface area contributed by atoms with Crippen molar-refractivity contribution in [2.75, 3.05) is 32.5 Å². The first-order valence-electron chi connectivity index (χ1n) is 11.4. The van der Waals surface area contributed by atoms with Crippen molar-refractivity contribution in [1.82, 2.24) is 15.3 Å². The van der Waals surface area contributed by atoms with Crippen molar-refractivity contribution in [3.63, 3.8) is 0 Å². The quantitative estimate of drug-likeness (QED) is 0.493. The van der Waals surface area contributed by atoms with Crippen molar-refractivity contribution in [3.8, 4) is 0 Å². The number of anilines is 1. The SMILES string of the molecule is C=C(Nc1cc2cc(C(C)(C)/C=N\NC)ccc2cn1)C1=CCC(C2CCN(C)CC2)=N1. The third kappa shape index (κ3) is 4.91. The van der Waals surface area contributed by atoms with Gasteiger partial charge in [0.2, 0.25) is 0 Å². The second-order valence-electron chi connectivity index (χ2n) is 9.41. The zero-order valence-corrected chi connectivity index (χ0v) is 19.7. The van der Waals surface area contributed by atoms with Crippen molar-refractivity contribution in [1.29, 1.82) is 0 Å². The van der Waals surface area contributed by atoms with Crippen LogP contribution in [0.2, 0.25) is 0 Å². The molecule has 0 radical (unpaired) electrons. The van der Waals surface area contributed by atoms with Crippen molar-refractivity contribution in [2.24, 2.45) is 16.0 Å². The first-order valence-corrected chi connectivity index (χ1v) is 11.4. The van der Waals surface area contributed by atoms with E-state index in [0.29, 0.717) is 5.92 Å². The highest BCUT2D eigenvalue weighted by molar-refractivity contribution is 5.92. The van der Waals surface area contributed by atoms with E-state index >= 15 is 0 Å². The second kappa shape index (κ2) is 9.25. The second-order valence-corrected chi connectivity index (χ2v) is 9.41. The van der Waals surface area contributed by atoms with Crippen molar-refractivity contribution in [2.45, 2.75) is 38.5 Å². The molecule has 2 aliphatic heterocycles. The molecule has 32 heavy (non-hydrogen) atoms. The topological polar surface area (TPSA) is 64.9 Å². The zero-order chi connectivity index (χ0) is 22.7. The molecule has 1 saturated heterocycles. The molecule has 0 aliphatic carbocycles. The third-order valence-electron chi connectivity index (χ3n) is 6.53. The van der Waals surface area contributed by atoms with Gasteiger partial charge in [0.25, 0.3) is 0 Å². The minimum absolute atomic E-state index is 0.175. The van der Waals surface area contributed by atoms with Crippen LogP contribution in [-0.4, -0.2) is 49.0 Å². The largest absolute Gasteiger partial charge is 0.339 e. The number of nitrogens with zero attached hydrogens (tertiary/aromatic N) is 4. The van der Waals surface area contributed by atoms with Crippen molar-refractivity contribution < 1.29 is 0 Å². The van der Waals surface area contributed by atoms with Crippen LogP contribution in [0.5, 0.6) is 0 Å². The summed E-state index contributed by atoms with van der Waals surface area (Å²) in [7, 11) is 4.00. The average Bonchev–Trinajstić information content (AvgIpc) is 3.28. The van der Waals surface area contributed by atoms with Crippen molar-refractivity contribution >= 4 is 28.5 Å². The molecule has 0 atom stereocenters. The molecule has 2 N–H and O–H groups in total. The number of aromatic nitrogens is 1. The number of rotatable bonds is 7. The maximum atomic E-state index is 4.92. The van der Waals surface area contributed by atoms with Crippen LogP contribution in [0.1, 0.15) is 38.7 Å². The van der Waals surface area contributed by atoms with E-state index in [2.05, 4.69) is 83.5 Å². The van der Waals surface area contributed by atoms with Crippen LogP contribution in [0.15, 0.2) is 64.6 Å². The normalized spacial score (nSPS) is 18.1. The van der Waals surface area contributed by atoms with E-state index in [4.69, 9.17) is 4.99 Å². The Morgan fingerprint density at radius 3 is 2.75 bits per heavy atom. The summed E-state index contributed by atoms with van der Waals surface area (Å²) in [4.78, 5) is 11.9. The van der Waals surface area contributed by atoms with Gasteiger partial charge in [-0.05, 0) is 50.0 Å². The highest BCUT2D eigenvalue weighted by Gasteiger charge is 2.24. The van der Waals surface area contributed by atoms with Gasteiger partial charge in [-0.15, -0.1) is 0 Å². The molecule has 168 valence electrons. The van der Waals surface area contributed by atoms with Gasteiger partial charge < -0.3 is 15.6 Å². The summed E-state index contributed by atoms with van der Waals surface area (Å²) in [5.74, 6) is 1.38. The van der Waals surface area contributed by atoms with Gasteiger partial charge in [0.05, 0.1) is 11.4 Å². The molecule has 1 fully saturated rings. The first kappa shape index (κ1) is 22.2. The van der Waals surface area contributed by atoms with Crippen LogP contribution in [0.25, 0.3) is 10.8 Å². The van der Waals surface area contributed by atoms with E-state index in [9.17, 15) is 0 Å². The molecule has 3 heterocycles. The standard InChI is InChI=1S/C26H34N6/c1-18(23-8-9-24(31-23)19-10-12-32(5)13-11-19)30-25-15-21-14-22(7-6-20(21)16-28-25)26(2,3)17-29-27-4/h6-8,14-17,19,27H,1,9-13H2,2-5H3,(H,28,30)/b29-17-. The lowest BCUT2D eigenvalue weighted by molar-refractivity contribution is 0.251. The molecule has 6 heteroatoms. The van der Waals surface area contributed by atoms with E-state index in [1.54, 1.807) is 0 Å². The summed E-state index contributed by atoms with van der Waals surface area (Å²) in [5.41, 5.74) is 6.91. The summed E-state index contributed by atoms with van der Waals surface area (Å²) < 4.78 is 0. The molecule has 1 aromatic carbocycles. The molecule has 1 aromatic heterocycles. The van der Waals surface area contributed by atoms with Gasteiger partial charge >= 0.3 is 0 Å². The monoisotopic (exact) mass is 430 g/mol. The predicted octanol–water partition coefficient (Wildman–Crippen LogP) is 4.71. The first-order chi connectivity index (χ1) is 15.4. The number of likely N-dealkylation sites (tertiary alicyclic amines) is 1. The number of hydrogen-bond donors (Lipinski definition) is 2. The Kier molecular flexibility index (Phi) is 6.42. The molecule has 2 aromatic rings. The Balaban J connectivity index is 1.48. The molecule has 0 spiro atoms. The molecular weight excluding hydrogens is 396 g/mol. The molecule has 2 aliphatic rings. The van der Waals surface area contributed by atoms with Gasteiger partial charge in [-0.25, -0.2) is 4.98 Å². The molecule has 0 amide bonds.